The van der Waals surface area contributed by atoms with Crippen LogP contribution in [0.3, 0.4) is 0 Å². The standard InChI is InChI=1S/C15H14N2/c16-11-4-12-17-15-9-7-14(8-10-15)13-5-2-1-3-6-13/h1-3,5-10,17H,4,12H2. The van der Waals surface area contributed by atoms with Gasteiger partial charge in [-0.25, -0.2) is 0 Å². The van der Waals surface area contributed by atoms with Crippen LogP contribution in [0.25, 0.3) is 11.1 Å². The summed E-state index contributed by atoms with van der Waals surface area (Å²) >= 11 is 0. The van der Waals surface area contributed by atoms with Gasteiger partial charge in [-0.15, -0.1) is 0 Å². The maximum atomic E-state index is 8.45. The summed E-state index contributed by atoms with van der Waals surface area (Å²) in [6, 6.07) is 20.6. The third-order valence-corrected chi connectivity index (χ3v) is 2.56. The summed E-state index contributed by atoms with van der Waals surface area (Å²) in [5.74, 6) is 0. The van der Waals surface area contributed by atoms with Gasteiger partial charge >= 0.3 is 0 Å². The molecule has 0 aliphatic heterocycles. The quantitative estimate of drug-likeness (QED) is 0.801. The van der Waals surface area contributed by atoms with Crippen LogP contribution in [-0.4, -0.2) is 6.54 Å². The molecule has 0 fully saturated rings. The predicted molar refractivity (Wildman–Crippen MR) is 70.6 cm³/mol. The SMILES string of the molecule is N#CCCNc1ccc(-c2ccccc2)cc1. The van der Waals surface area contributed by atoms with Crippen molar-refractivity contribution in [2.75, 3.05) is 11.9 Å². The van der Waals surface area contributed by atoms with Gasteiger partial charge in [0.1, 0.15) is 0 Å². The van der Waals surface area contributed by atoms with Crippen LogP contribution >= 0.6 is 0 Å². The van der Waals surface area contributed by atoms with Crippen LogP contribution in [-0.2, 0) is 0 Å². The van der Waals surface area contributed by atoms with Gasteiger partial charge in [0.15, 0.2) is 0 Å². The van der Waals surface area contributed by atoms with Crippen molar-refractivity contribution in [2.24, 2.45) is 0 Å². The fourth-order valence-electron chi connectivity index (χ4n) is 1.67. The Balaban J connectivity index is 2.06. The van der Waals surface area contributed by atoms with E-state index in [4.69, 9.17) is 5.26 Å². The summed E-state index contributed by atoms with van der Waals surface area (Å²) in [5.41, 5.74) is 3.48. The summed E-state index contributed by atoms with van der Waals surface area (Å²) < 4.78 is 0. The lowest BCUT2D eigenvalue weighted by Gasteiger charge is -2.05. The molecule has 0 aliphatic carbocycles. The summed E-state index contributed by atoms with van der Waals surface area (Å²) in [6.07, 6.45) is 0.528. The van der Waals surface area contributed by atoms with Gasteiger partial charge in [0, 0.05) is 12.2 Å². The van der Waals surface area contributed by atoms with Gasteiger partial charge in [0.05, 0.1) is 12.5 Å². The molecule has 0 bridgehead atoms. The molecule has 1 N–H and O–H groups in total. The molecule has 0 amide bonds. The Morgan fingerprint density at radius 1 is 0.882 bits per heavy atom. The molecule has 0 unspecified atom stereocenters. The highest BCUT2D eigenvalue weighted by molar-refractivity contribution is 5.65. The van der Waals surface area contributed by atoms with E-state index in [1.54, 1.807) is 0 Å². The van der Waals surface area contributed by atoms with E-state index >= 15 is 0 Å². The summed E-state index contributed by atoms with van der Waals surface area (Å²) in [7, 11) is 0. The molecule has 2 nitrogen and oxygen atoms in total. The monoisotopic (exact) mass is 222 g/mol. The molecule has 0 aromatic heterocycles. The van der Waals surface area contributed by atoms with Crippen molar-refractivity contribution in [3.05, 3.63) is 54.6 Å². The van der Waals surface area contributed by atoms with Crippen LogP contribution in [0.15, 0.2) is 54.6 Å². The molecule has 2 rings (SSSR count). The minimum atomic E-state index is 0.528. The van der Waals surface area contributed by atoms with Crippen LogP contribution in [0.5, 0.6) is 0 Å². The Labute approximate surface area is 102 Å². The first-order valence-electron chi connectivity index (χ1n) is 5.66. The number of hydrogen-bond acceptors (Lipinski definition) is 2. The largest absolute Gasteiger partial charge is 0.384 e. The number of anilines is 1. The Bertz CT molecular complexity index is 495. The van der Waals surface area contributed by atoms with Crippen molar-refractivity contribution in [1.82, 2.24) is 0 Å². The van der Waals surface area contributed by atoms with E-state index in [0.717, 1.165) is 5.69 Å². The molecular weight excluding hydrogens is 208 g/mol. The molecule has 0 saturated heterocycles. The summed E-state index contributed by atoms with van der Waals surface area (Å²) in [5, 5.41) is 11.6. The highest BCUT2D eigenvalue weighted by Gasteiger charge is 1.96. The van der Waals surface area contributed by atoms with Crippen LogP contribution in [0, 0.1) is 11.3 Å². The molecule has 2 heteroatoms. The molecule has 0 atom stereocenters. The highest BCUT2D eigenvalue weighted by atomic mass is 14.9. The molecule has 84 valence electrons. The maximum absolute atomic E-state index is 8.45. The molecule has 2 aromatic carbocycles. The fourth-order valence-corrected chi connectivity index (χ4v) is 1.67. The van der Waals surface area contributed by atoms with Crippen molar-refractivity contribution < 1.29 is 0 Å². The zero-order chi connectivity index (χ0) is 11.9. The van der Waals surface area contributed by atoms with Crippen molar-refractivity contribution in [1.29, 1.82) is 5.26 Å². The molecule has 2 aromatic rings. The van der Waals surface area contributed by atoms with Gasteiger partial charge in [-0.3, -0.25) is 0 Å². The van der Waals surface area contributed by atoms with Gasteiger partial charge in [0.2, 0.25) is 0 Å². The zero-order valence-electron chi connectivity index (χ0n) is 9.56. The van der Waals surface area contributed by atoms with Crippen molar-refractivity contribution in [2.45, 2.75) is 6.42 Å². The molecule has 0 radical (unpaired) electrons. The minimum absolute atomic E-state index is 0.528. The summed E-state index contributed by atoms with van der Waals surface area (Å²) in [6.45, 7) is 0.696. The van der Waals surface area contributed by atoms with Gasteiger partial charge < -0.3 is 5.32 Å². The van der Waals surface area contributed by atoms with Gasteiger partial charge in [-0.2, -0.15) is 5.26 Å². The number of benzene rings is 2. The first-order chi connectivity index (χ1) is 8.40. The second kappa shape index (κ2) is 5.72. The third-order valence-electron chi connectivity index (χ3n) is 2.56. The van der Waals surface area contributed by atoms with Crippen LogP contribution in [0.2, 0.25) is 0 Å². The molecule has 0 heterocycles. The third kappa shape index (κ3) is 3.09. The minimum Gasteiger partial charge on any atom is -0.384 e. The Hall–Kier alpha value is -2.27. The van der Waals surface area contributed by atoms with Crippen LogP contribution < -0.4 is 5.32 Å². The maximum Gasteiger partial charge on any atom is 0.0640 e. The van der Waals surface area contributed by atoms with E-state index in [1.165, 1.54) is 11.1 Å². The molecule has 17 heavy (non-hydrogen) atoms. The van der Waals surface area contributed by atoms with Crippen molar-refractivity contribution in [3.63, 3.8) is 0 Å². The van der Waals surface area contributed by atoms with Gasteiger partial charge in [-0.05, 0) is 23.3 Å². The van der Waals surface area contributed by atoms with Gasteiger partial charge in [0.25, 0.3) is 0 Å². The molecular formula is C15H14N2. The van der Waals surface area contributed by atoms with Crippen molar-refractivity contribution >= 4 is 5.69 Å². The smallest absolute Gasteiger partial charge is 0.0640 e. The number of nitrogens with zero attached hydrogens (tertiary/aromatic N) is 1. The lowest BCUT2D eigenvalue weighted by molar-refractivity contribution is 1.08. The molecule has 0 aliphatic rings. The van der Waals surface area contributed by atoms with E-state index in [2.05, 4.69) is 35.7 Å². The normalized spacial score (nSPS) is 9.59. The van der Waals surface area contributed by atoms with Crippen LogP contribution in [0.4, 0.5) is 5.69 Å². The first-order valence-corrected chi connectivity index (χ1v) is 5.66. The van der Waals surface area contributed by atoms with E-state index in [9.17, 15) is 0 Å². The second-order valence-corrected chi connectivity index (χ2v) is 3.78. The Morgan fingerprint density at radius 3 is 2.18 bits per heavy atom. The topological polar surface area (TPSA) is 35.8 Å². The van der Waals surface area contributed by atoms with E-state index < -0.39 is 0 Å². The van der Waals surface area contributed by atoms with Gasteiger partial charge in [-0.1, -0.05) is 42.5 Å². The summed E-state index contributed by atoms with van der Waals surface area (Å²) in [4.78, 5) is 0. The first kappa shape index (κ1) is 11.2. The second-order valence-electron chi connectivity index (χ2n) is 3.78. The van der Waals surface area contributed by atoms with E-state index in [1.807, 2.05) is 30.3 Å². The Morgan fingerprint density at radius 2 is 1.53 bits per heavy atom. The van der Waals surface area contributed by atoms with E-state index in [0.29, 0.717) is 13.0 Å². The zero-order valence-corrected chi connectivity index (χ0v) is 9.56. The number of nitriles is 1. The molecule has 0 saturated carbocycles. The predicted octanol–water partition coefficient (Wildman–Crippen LogP) is 3.68. The number of rotatable bonds is 4. The number of hydrogen-bond donors (Lipinski definition) is 1. The Kier molecular flexibility index (Phi) is 3.77. The lowest BCUT2D eigenvalue weighted by atomic mass is 10.1. The van der Waals surface area contributed by atoms with E-state index in [-0.39, 0.29) is 0 Å². The van der Waals surface area contributed by atoms with Crippen molar-refractivity contribution in [3.8, 4) is 17.2 Å². The number of nitrogens with one attached hydrogen (secondary N) is 1. The average Bonchev–Trinajstić information content (AvgIpc) is 2.41. The molecule has 0 spiro atoms. The fraction of sp³-hybridized carbons (Fsp3) is 0.133. The lowest BCUT2D eigenvalue weighted by Crippen LogP contribution is -1.99. The highest BCUT2D eigenvalue weighted by Crippen LogP contribution is 2.20. The average molecular weight is 222 g/mol. The van der Waals surface area contributed by atoms with Crippen LogP contribution in [0.1, 0.15) is 6.42 Å².